The van der Waals surface area contributed by atoms with E-state index in [2.05, 4.69) is 132 Å². The molecule has 5 aromatic rings. The van der Waals surface area contributed by atoms with E-state index < -0.39 is 0 Å². The highest BCUT2D eigenvalue weighted by atomic mass is 15.2. The minimum Gasteiger partial charge on any atom is -0.326 e. The average Bonchev–Trinajstić information content (AvgIpc) is 3.43. The third-order valence-corrected chi connectivity index (χ3v) is 8.97. The van der Waals surface area contributed by atoms with Crippen molar-refractivity contribution >= 4 is 0 Å². The molecule has 0 N–H and O–H groups in total. The van der Waals surface area contributed by atoms with E-state index in [1.165, 1.54) is 65.6 Å². The zero-order valence-corrected chi connectivity index (χ0v) is 25.7. The summed E-state index contributed by atoms with van der Waals surface area (Å²) in [7, 11) is 0. The lowest BCUT2D eigenvalue weighted by atomic mass is 9.88. The zero-order valence-electron chi connectivity index (χ0n) is 25.7. The van der Waals surface area contributed by atoms with E-state index in [4.69, 9.17) is 4.98 Å². The summed E-state index contributed by atoms with van der Waals surface area (Å²) in [5, 5.41) is 0. The molecule has 3 heteroatoms. The zero-order chi connectivity index (χ0) is 29.3. The van der Waals surface area contributed by atoms with Crippen molar-refractivity contribution in [1.82, 2.24) is 14.5 Å². The average molecular weight is 568 g/mol. The van der Waals surface area contributed by atoms with Gasteiger partial charge in [0.05, 0.1) is 11.4 Å². The van der Waals surface area contributed by atoms with Crippen LogP contribution in [0.2, 0.25) is 0 Å². The maximum absolute atomic E-state index is 5.39. The van der Waals surface area contributed by atoms with Crippen LogP contribution in [0.5, 0.6) is 0 Å². The molecule has 0 amide bonds. The smallest absolute Gasteiger partial charge is 0.140 e. The van der Waals surface area contributed by atoms with Gasteiger partial charge in [-0.2, -0.15) is 0 Å². The van der Waals surface area contributed by atoms with Crippen LogP contribution in [-0.4, -0.2) is 21.0 Å². The van der Waals surface area contributed by atoms with Crippen molar-refractivity contribution in [3.05, 3.63) is 127 Å². The lowest BCUT2D eigenvalue weighted by Crippen LogP contribution is -2.31. The van der Waals surface area contributed by atoms with Crippen molar-refractivity contribution < 1.29 is 0 Å². The summed E-state index contributed by atoms with van der Waals surface area (Å²) in [6.45, 7) is 6.24. The molecule has 3 nitrogen and oxygen atoms in total. The van der Waals surface area contributed by atoms with Crippen molar-refractivity contribution in [3.63, 3.8) is 0 Å². The quantitative estimate of drug-likeness (QED) is 0.150. The van der Waals surface area contributed by atoms with Crippen molar-refractivity contribution in [2.45, 2.75) is 71.5 Å². The Morgan fingerprint density at radius 1 is 0.651 bits per heavy atom. The second kappa shape index (κ2) is 14.5. The highest BCUT2D eigenvalue weighted by Gasteiger charge is 2.24. The number of imidazole rings is 1. The number of hydrogen-bond donors (Lipinski definition) is 0. The molecule has 4 aromatic carbocycles. The first-order chi connectivity index (χ1) is 21.3. The van der Waals surface area contributed by atoms with Crippen LogP contribution in [0.3, 0.4) is 0 Å². The van der Waals surface area contributed by atoms with Gasteiger partial charge < -0.3 is 4.57 Å². The standard InChI is InChI=1S/C40H45N3/c1-2-3-28-43-38(39(36-20-12-6-13-21-36)41-40(43)37-22-14-7-15-23-37)31-42(29-32-16-8-4-9-17-32)30-33-24-26-35(27-25-33)34-18-10-5-11-19-34/h5-7,10-15,18-27,32H,2-4,8-9,16-17,28-31H2,1H3. The lowest BCUT2D eigenvalue weighted by Gasteiger charge is -2.30. The van der Waals surface area contributed by atoms with Crippen LogP contribution in [0.15, 0.2) is 115 Å². The summed E-state index contributed by atoms with van der Waals surface area (Å²) in [5.41, 5.74) is 8.79. The third-order valence-electron chi connectivity index (χ3n) is 8.97. The second-order valence-electron chi connectivity index (χ2n) is 12.2. The SMILES string of the molecule is CCCCn1c(-c2ccccc2)nc(-c2ccccc2)c1CN(Cc1ccc(-c2ccccc2)cc1)CC1CCCCC1. The van der Waals surface area contributed by atoms with E-state index in [0.717, 1.165) is 56.5 Å². The molecule has 1 heterocycles. The highest BCUT2D eigenvalue weighted by Crippen LogP contribution is 2.33. The molecule has 1 aromatic heterocycles. The van der Waals surface area contributed by atoms with E-state index in [9.17, 15) is 0 Å². The van der Waals surface area contributed by atoms with Crippen LogP contribution in [0.25, 0.3) is 33.8 Å². The first-order valence-corrected chi connectivity index (χ1v) is 16.4. The molecule has 0 saturated heterocycles. The molecule has 1 aliphatic rings. The van der Waals surface area contributed by atoms with Gasteiger partial charge in [0.2, 0.25) is 0 Å². The molecule has 0 aliphatic heterocycles. The Balaban J connectivity index is 1.37. The Bertz CT molecular complexity index is 1530. The molecule has 1 aliphatic carbocycles. The predicted molar refractivity (Wildman–Crippen MR) is 181 cm³/mol. The molecule has 0 spiro atoms. The number of benzene rings is 4. The van der Waals surface area contributed by atoms with Crippen LogP contribution in [0.1, 0.15) is 63.1 Å². The Kier molecular flexibility index (Phi) is 9.81. The Morgan fingerprint density at radius 3 is 1.86 bits per heavy atom. The molecular formula is C40H45N3. The van der Waals surface area contributed by atoms with Crippen LogP contribution >= 0.6 is 0 Å². The molecule has 1 fully saturated rings. The minimum absolute atomic E-state index is 0.762. The van der Waals surface area contributed by atoms with Crippen LogP contribution in [-0.2, 0) is 19.6 Å². The largest absolute Gasteiger partial charge is 0.326 e. The number of aromatic nitrogens is 2. The van der Waals surface area contributed by atoms with Crippen LogP contribution in [0, 0.1) is 5.92 Å². The monoisotopic (exact) mass is 567 g/mol. The summed E-state index contributed by atoms with van der Waals surface area (Å²) in [6, 6.07) is 41.5. The van der Waals surface area contributed by atoms with Gasteiger partial charge in [-0.3, -0.25) is 4.90 Å². The van der Waals surface area contributed by atoms with E-state index in [-0.39, 0.29) is 0 Å². The highest BCUT2D eigenvalue weighted by molar-refractivity contribution is 5.68. The Labute approximate surface area is 258 Å². The lowest BCUT2D eigenvalue weighted by molar-refractivity contribution is 0.183. The first-order valence-electron chi connectivity index (χ1n) is 16.4. The fourth-order valence-corrected chi connectivity index (χ4v) is 6.66. The molecule has 0 radical (unpaired) electrons. The summed E-state index contributed by atoms with van der Waals surface area (Å²) in [4.78, 5) is 8.11. The van der Waals surface area contributed by atoms with Crippen molar-refractivity contribution in [2.75, 3.05) is 6.54 Å². The normalized spacial score (nSPS) is 13.9. The minimum atomic E-state index is 0.762. The van der Waals surface area contributed by atoms with Gasteiger partial charge in [-0.15, -0.1) is 0 Å². The van der Waals surface area contributed by atoms with Crippen LogP contribution < -0.4 is 0 Å². The van der Waals surface area contributed by atoms with Gasteiger partial charge in [0, 0.05) is 37.3 Å². The number of nitrogens with zero attached hydrogens (tertiary/aromatic N) is 3. The number of unbranched alkanes of at least 4 members (excludes halogenated alkanes) is 1. The van der Waals surface area contributed by atoms with Gasteiger partial charge in [-0.05, 0) is 41.9 Å². The van der Waals surface area contributed by atoms with Crippen molar-refractivity contribution in [3.8, 4) is 33.8 Å². The summed E-state index contributed by atoms with van der Waals surface area (Å²) >= 11 is 0. The van der Waals surface area contributed by atoms with E-state index in [0.29, 0.717) is 0 Å². The van der Waals surface area contributed by atoms with Crippen molar-refractivity contribution in [2.24, 2.45) is 5.92 Å². The fraction of sp³-hybridized carbons (Fsp3) is 0.325. The van der Waals surface area contributed by atoms with Gasteiger partial charge in [-0.25, -0.2) is 4.98 Å². The molecule has 43 heavy (non-hydrogen) atoms. The first kappa shape index (κ1) is 29.1. The van der Waals surface area contributed by atoms with Gasteiger partial charge in [-0.1, -0.05) is 148 Å². The van der Waals surface area contributed by atoms with E-state index >= 15 is 0 Å². The predicted octanol–water partition coefficient (Wildman–Crippen LogP) is 10.3. The molecular weight excluding hydrogens is 522 g/mol. The maximum Gasteiger partial charge on any atom is 0.140 e. The molecule has 0 unspecified atom stereocenters. The van der Waals surface area contributed by atoms with Crippen LogP contribution in [0.4, 0.5) is 0 Å². The molecule has 220 valence electrons. The molecule has 1 saturated carbocycles. The van der Waals surface area contributed by atoms with Crippen molar-refractivity contribution in [1.29, 1.82) is 0 Å². The molecule has 6 rings (SSSR count). The van der Waals surface area contributed by atoms with Gasteiger partial charge in [0.25, 0.3) is 0 Å². The Morgan fingerprint density at radius 2 is 1.23 bits per heavy atom. The molecule has 0 atom stereocenters. The number of rotatable bonds is 12. The fourth-order valence-electron chi connectivity index (χ4n) is 6.66. The summed E-state index contributed by atoms with van der Waals surface area (Å²) in [5.74, 6) is 1.85. The third kappa shape index (κ3) is 7.35. The molecule has 0 bridgehead atoms. The summed E-state index contributed by atoms with van der Waals surface area (Å²) < 4.78 is 2.54. The van der Waals surface area contributed by atoms with Gasteiger partial charge in [0.15, 0.2) is 0 Å². The maximum atomic E-state index is 5.39. The second-order valence-corrected chi connectivity index (χ2v) is 12.2. The topological polar surface area (TPSA) is 21.1 Å². The number of hydrogen-bond acceptors (Lipinski definition) is 2. The van der Waals surface area contributed by atoms with E-state index in [1.807, 2.05) is 0 Å². The van der Waals surface area contributed by atoms with Gasteiger partial charge >= 0.3 is 0 Å². The summed E-state index contributed by atoms with van der Waals surface area (Å²) in [6.07, 6.45) is 9.11. The van der Waals surface area contributed by atoms with Gasteiger partial charge in [0.1, 0.15) is 5.82 Å². The van der Waals surface area contributed by atoms with E-state index in [1.54, 1.807) is 0 Å². The Hall–Kier alpha value is -3.95.